The first-order valence-electron chi connectivity index (χ1n) is 8.34. The number of rotatable bonds is 7. The van der Waals surface area contributed by atoms with Gasteiger partial charge in [-0.25, -0.2) is 0 Å². The number of hydrogen-bond donors (Lipinski definition) is 3. The Morgan fingerprint density at radius 3 is 2.96 bits per heavy atom. The van der Waals surface area contributed by atoms with E-state index >= 15 is 0 Å². The molecule has 1 amide bonds. The maximum absolute atomic E-state index is 11.8. The third kappa shape index (κ3) is 4.31. The average Bonchev–Trinajstić information content (AvgIpc) is 2.97. The van der Waals surface area contributed by atoms with E-state index in [1.807, 2.05) is 6.07 Å². The fourth-order valence-corrected chi connectivity index (χ4v) is 3.18. The summed E-state index contributed by atoms with van der Waals surface area (Å²) < 4.78 is 5.73. The summed E-state index contributed by atoms with van der Waals surface area (Å²) in [5.41, 5.74) is 6.27. The van der Waals surface area contributed by atoms with Crippen molar-refractivity contribution >= 4 is 16.9 Å². The number of furan rings is 1. The number of nitrogens with zero attached hydrogens (tertiary/aromatic N) is 2. The van der Waals surface area contributed by atoms with E-state index in [9.17, 15) is 9.90 Å². The van der Waals surface area contributed by atoms with Crippen molar-refractivity contribution in [1.29, 1.82) is 0 Å². The Hall–Kier alpha value is -1.96. The Labute approximate surface area is 140 Å². The summed E-state index contributed by atoms with van der Waals surface area (Å²) in [5.74, 6) is -0.166. The molecule has 0 radical (unpaired) electrons. The normalized spacial score (nSPS) is 18.5. The SMILES string of the molecule is NC(=O)C(Cc1cc2cnccc2o1)CC(O)CN1CCNCC1. The van der Waals surface area contributed by atoms with Crippen LogP contribution in [0.15, 0.2) is 28.9 Å². The molecule has 2 unspecified atom stereocenters. The largest absolute Gasteiger partial charge is 0.461 e. The fraction of sp³-hybridized carbons (Fsp3) is 0.529. The number of carbonyl (C=O) groups is 1. The molecule has 3 heterocycles. The first kappa shape index (κ1) is 16.9. The minimum Gasteiger partial charge on any atom is -0.461 e. The van der Waals surface area contributed by atoms with Crippen LogP contribution in [0.1, 0.15) is 12.2 Å². The number of piperazine rings is 1. The van der Waals surface area contributed by atoms with Crippen LogP contribution in [0, 0.1) is 5.92 Å². The Bertz CT molecular complexity index is 648. The molecular weight excluding hydrogens is 308 g/mol. The van der Waals surface area contributed by atoms with Crippen molar-refractivity contribution in [2.24, 2.45) is 11.7 Å². The van der Waals surface area contributed by atoms with Crippen LogP contribution in [-0.2, 0) is 11.2 Å². The van der Waals surface area contributed by atoms with Crippen LogP contribution in [0.4, 0.5) is 0 Å². The van der Waals surface area contributed by atoms with Crippen LogP contribution in [-0.4, -0.2) is 59.7 Å². The average molecular weight is 332 g/mol. The van der Waals surface area contributed by atoms with Gasteiger partial charge in [0.25, 0.3) is 0 Å². The monoisotopic (exact) mass is 332 g/mol. The number of primary amides is 1. The molecule has 0 spiro atoms. The Morgan fingerprint density at radius 2 is 2.25 bits per heavy atom. The van der Waals surface area contributed by atoms with Crippen LogP contribution in [0.3, 0.4) is 0 Å². The second-order valence-electron chi connectivity index (χ2n) is 6.37. The summed E-state index contributed by atoms with van der Waals surface area (Å²) in [6, 6.07) is 3.66. The number of carbonyl (C=O) groups excluding carboxylic acids is 1. The molecule has 24 heavy (non-hydrogen) atoms. The standard InChI is InChI=1S/C17H24N4O3/c18-17(23)12(7-14(22)11-21-5-3-19-4-6-21)8-15-9-13-10-20-2-1-16(13)24-15/h1-2,9-10,12,14,19,22H,3-8,11H2,(H2,18,23). The van der Waals surface area contributed by atoms with E-state index in [1.54, 1.807) is 18.5 Å². The van der Waals surface area contributed by atoms with Gasteiger partial charge in [0.05, 0.1) is 6.10 Å². The third-order valence-electron chi connectivity index (χ3n) is 4.45. The van der Waals surface area contributed by atoms with E-state index < -0.39 is 17.9 Å². The predicted octanol–water partition coefficient (Wildman–Crippen LogP) is 0.128. The molecule has 0 bridgehead atoms. The summed E-state index contributed by atoms with van der Waals surface area (Å²) in [7, 11) is 0. The topological polar surface area (TPSA) is 105 Å². The second kappa shape index (κ2) is 7.74. The van der Waals surface area contributed by atoms with Gasteiger partial charge in [0.2, 0.25) is 5.91 Å². The molecule has 2 aromatic heterocycles. The maximum Gasteiger partial charge on any atom is 0.221 e. The van der Waals surface area contributed by atoms with Crippen molar-refractivity contribution in [3.8, 4) is 0 Å². The highest BCUT2D eigenvalue weighted by Crippen LogP contribution is 2.22. The van der Waals surface area contributed by atoms with Gasteiger partial charge >= 0.3 is 0 Å². The van der Waals surface area contributed by atoms with Crippen molar-refractivity contribution in [3.05, 3.63) is 30.3 Å². The summed E-state index contributed by atoms with van der Waals surface area (Å²) in [5, 5.41) is 14.5. The highest BCUT2D eigenvalue weighted by molar-refractivity contribution is 5.78. The minimum atomic E-state index is -0.577. The van der Waals surface area contributed by atoms with Crippen LogP contribution >= 0.6 is 0 Å². The molecular formula is C17H24N4O3. The molecule has 4 N–H and O–H groups in total. The van der Waals surface area contributed by atoms with Crippen LogP contribution in [0.5, 0.6) is 0 Å². The minimum absolute atomic E-state index is 0.342. The number of nitrogens with one attached hydrogen (secondary N) is 1. The van der Waals surface area contributed by atoms with E-state index in [0.29, 0.717) is 25.1 Å². The van der Waals surface area contributed by atoms with E-state index in [0.717, 1.165) is 37.1 Å². The van der Waals surface area contributed by atoms with Crippen molar-refractivity contribution < 1.29 is 14.3 Å². The van der Waals surface area contributed by atoms with Gasteiger partial charge in [0.1, 0.15) is 11.3 Å². The molecule has 130 valence electrons. The molecule has 1 aliphatic heterocycles. The lowest BCUT2D eigenvalue weighted by Crippen LogP contribution is -2.46. The summed E-state index contributed by atoms with van der Waals surface area (Å²) in [6.45, 7) is 4.25. The zero-order chi connectivity index (χ0) is 16.9. The van der Waals surface area contributed by atoms with Crippen LogP contribution in [0.2, 0.25) is 0 Å². The molecule has 0 aliphatic carbocycles. The van der Waals surface area contributed by atoms with Gasteiger partial charge in [-0.2, -0.15) is 0 Å². The molecule has 0 aromatic carbocycles. The van der Waals surface area contributed by atoms with Gasteiger partial charge < -0.3 is 20.6 Å². The van der Waals surface area contributed by atoms with Crippen molar-refractivity contribution in [1.82, 2.24) is 15.2 Å². The molecule has 1 saturated heterocycles. The summed E-state index contributed by atoms with van der Waals surface area (Å²) in [6.07, 6.45) is 3.54. The lowest BCUT2D eigenvalue weighted by atomic mass is 9.95. The van der Waals surface area contributed by atoms with Crippen molar-refractivity contribution in [3.63, 3.8) is 0 Å². The van der Waals surface area contributed by atoms with Gasteiger partial charge in [-0.15, -0.1) is 0 Å². The molecule has 0 saturated carbocycles. The van der Waals surface area contributed by atoms with E-state index in [1.165, 1.54) is 0 Å². The quantitative estimate of drug-likeness (QED) is 0.666. The smallest absolute Gasteiger partial charge is 0.221 e. The maximum atomic E-state index is 11.8. The lowest BCUT2D eigenvalue weighted by Gasteiger charge is -2.29. The number of β-amino-alcohol motifs (C(OH)–C–C–N with tert-alkyl or cyclic N) is 1. The molecule has 2 atom stereocenters. The van der Waals surface area contributed by atoms with Gasteiger partial charge in [0, 0.05) is 62.8 Å². The number of nitrogens with two attached hydrogens (primary N) is 1. The molecule has 3 rings (SSSR count). The van der Waals surface area contributed by atoms with Gasteiger partial charge in [-0.3, -0.25) is 14.7 Å². The zero-order valence-electron chi connectivity index (χ0n) is 13.6. The van der Waals surface area contributed by atoms with Gasteiger partial charge in [-0.05, 0) is 18.6 Å². The van der Waals surface area contributed by atoms with Gasteiger partial charge in [0.15, 0.2) is 0 Å². The number of aliphatic hydroxyl groups is 1. The van der Waals surface area contributed by atoms with Crippen molar-refractivity contribution in [2.75, 3.05) is 32.7 Å². The Kier molecular flexibility index (Phi) is 5.44. The highest BCUT2D eigenvalue weighted by Gasteiger charge is 2.24. The Balaban J connectivity index is 1.60. The molecule has 7 nitrogen and oxygen atoms in total. The van der Waals surface area contributed by atoms with E-state index in [2.05, 4.69) is 15.2 Å². The molecule has 1 fully saturated rings. The number of pyridine rings is 1. The molecule has 7 heteroatoms. The first-order valence-corrected chi connectivity index (χ1v) is 8.34. The molecule has 1 aliphatic rings. The van der Waals surface area contributed by atoms with Crippen molar-refractivity contribution in [2.45, 2.75) is 18.9 Å². The number of aliphatic hydroxyl groups excluding tert-OH is 1. The zero-order valence-corrected chi connectivity index (χ0v) is 13.6. The molecule has 2 aromatic rings. The number of hydrogen-bond acceptors (Lipinski definition) is 6. The third-order valence-corrected chi connectivity index (χ3v) is 4.45. The number of fused-ring (bicyclic) bond motifs is 1. The number of amides is 1. The van der Waals surface area contributed by atoms with E-state index in [-0.39, 0.29) is 0 Å². The summed E-state index contributed by atoms with van der Waals surface area (Å²) >= 11 is 0. The van der Waals surface area contributed by atoms with Gasteiger partial charge in [-0.1, -0.05) is 0 Å². The summed E-state index contributed by atoms with van der Waals surface area (Å²) in [4.78, 5) is 18.0. The van der Waals surface area contributed by atoms with Crippen LogP contribution in [0.25, 0.3) is 11.0 Å². The highest BCUT2D eigenvalue weighted by atomic mass is 16.3. The Morgan fingerprint density at radius 1 is 1.46 bits per heavy atom. The lowest BCUT2D eigenvalue weighted by molar-refractivity contribution is -0.123. The van der Waals surface area contributed by atoms with Crippen LogP contribution < -0.4 is 11.1 Å². The fourth-order valence-electron chi connectivity index (χ4n) is 3.18. The number of aromatic nitrogens is 1. The first-order chi connectivity index (χ1) is 11.6. The predicted molar refractivity (Wildman–Crippen MR) is 90.3 cm³/mol. The second-order valence-corrected chi connectivity index (χ2v) is 6.37. The van der Waals surface area contributed by atoms with E-state index in [4.69, 9.17) is 10.2 Å².